The van der Waals surface area contributed by atoms with E-state index in [1.807, 2.05) is 19.3 Å². The molecule has 2 aromatic rings. The maximum atomic E-state index is 11.7. The van der Waals surface area contributed by atoms with E-state index in [0.29, 0.717) is 5.69 Å². The van der Waals surface area contributed by atoms with Crippen molar-refractivity contribution in [1.29, 1.82) is 0 Å². The summed E-state index contributed by atoms with van der Waals surface area (Å²) in [6.45, 7) is 0. The Morgan fingerprint density at radius 2 is 2.19 bits per heavy atom. The zero-order valence-electron chi connectivity index (χ0n) is 9.16. The Hall–Kier alpha value is -2.17. The highest BCUT2D eigenvalue weighted by molar-refractivity contribution is 6.05. The zero-order valence-corrected chi connectivity index (χ0v) is 9.16. The first-order valence-electron chi connectivity index (χ1n) is 4.87. The van der Waals surface area contributed by atoms with E-state index in [0.717, 1.165) is 5.69 Å². The smallest absolute Gasteiger partial charge is 0.203 e. The molecule has 2 aromatic heterocycles. The number of hydrogen-bond donors (Lipinski definition) is 0. The maximum Gasteiger partial charge on any atom is 0.203 e. The maximum absolute atomic E-state index is 11.7. The highest BCUT2D eigenvalue weighted by atomic mass is 16.1. The predicted octanol–water partition coefficient (Wildman–Crippen LogP) is 1.05. The fourth-order valence-corrected chi connectivity index (χ4v) is 1.38. The van der Waals surface area contributed by atoms with Crippen LogP contribution in [0.5, 0.6) is 0 Å². The number of aromatic nitrogens is 4. The molecule has 0 aliphatic carbocycles. The SMILES string of the molecule is Cn1ccc(/C=C/C(=O)c2ccnn2C)n1. The van der Waals surface area contributed by atoms with Gasteiger partial charge in [0.25, 0.3) is 0 Å². The average Bonchev–Trinajstić information content (AvgIpc) is 2.84. The van der Waals surface area contributed by atoms with Crippen LogP contribution in [0.1, 0.15) is 16.2 Å². The summed E-state index contributed by atoms with van der Waals surface area (Å²) in [6, 6.07) is 3.53. The highest BCUT2D eigenvalue weighted by Gasteiger charge is 2.05. The van der Waals surface area contributed by atoms with Crippen LogP contribution >= 0.6 is 0 Å². The molecule has 0 saturated carbocycles. The van der Waals surface area contributed by atoms with E-state index in [1.54, 1.807) is 34.8 Å². The molecule has 0 N–H and O–H groups in total. The van der Waals surface area contributed by atoms with Gasteiger partial charge in [0.2, 0.25) is 5.78 Å². The molecule has 0 radical (unpaired) electrons. The zero-order chi connectivity index (χ0) is 11.5. The van der Waals surface area contributed by atoms with Crippen LogP contribution in [0.4, 0.5) is 0 Å². The Kier molecular flexibility index (Phi) is 2.68. The van der Waals surface area contributed by atoms with Crippen molar-refractivity contribution >= 4 is 11.9 Å². The molecule has 0 atom stereocenters. The minimum atomic E-state index is -0.0781. The van der Waals surface area contributed by atoms with Crippen LogP contribution in [0, 0.1) is 0 Å². The lowest BCUT2D eigenvalue weighted by atomic mass is 10.2. The number of rotatable bonds is 3. The van der Waals surface area contributed by atoms with E-state index in [9.17, 15) is 4.79 Å². The van der Waals surface area contributed by atoms with Crippen LogP contribution < -0.4 is 0 Å². The molecule has 2 heterocycles. The molecular formula is C11H12N4O. The number of nitrogens with zero attached hydrogens (tertiary/aromatic N) is 4. The van der Waals surface area contributed by atoms with Gasteiger partial charge in [-0.05, 0) is 24.3 Å². The second kappa shape index (κ2) is 4.14. The average molecular weight is 216 g/mol. The van der Waals surface area contributed by atoms with Crippen LogP contribution in [0.3, 0.4) is 0 Å². The van der Waals surface area contributed by atoms with Gasteiger partial charge >= 0.3 is 0 Å². The molecule has 5 heteroatoms. The molecular weight excluding hydrogens is 204 g/mol. The molecule has 0 saturated heterocycles. The molecule has 0 bridgehead atoms. The second-order valence-electron chi connectivity index (χ2n) is 3.45. The molecule has 0 spiro atoms. The summed E-state index contributed by atoms with van der Waals surface area (Å²) >= 11 is 0. The van der Waals surface area contributed by atoms with Gasteiger partial charge in [0.1, 0.15) is 5.69 Å². The van der Waals surface area contributed by atoms with Crippen molar-refractivity contribution in [2.75, 3.05) is 0 Å². The van der Waals surface area contributed by atoms with Crippen LogP contribution in [0.15, 0.2) is 30.6 Å². The van der Waals surface area contributed by atoms with Gasteiger partial charge in [-0.1, -0.05) is 0 Å². The summed E-state index contributed by atoms with van der Waals surface area (Å²) in [7, 11) is 3.57. The van der Waals surface area contributed by atoms with E-state index >= 15 is 0 Å². The quantitative estimate of drug-likeness (QED) is 0.569. The van der Waals surface area contributed by atoms with Gasteiger partial charge in [0.05, 0.1) is 5.69 Å². The first kappa shape index (κ1) is 10.4. The summed E-state index contributed by atoms with van der Waals surface area (Å²) in [5.74, 6) is -0.0781. The van der Waals surface area contributed by atoms with E-state index in [4.69, 9.17) is 0 Å². The van der Waals surface area contributed by atoms with Crippen LogP contribution in [-0.2, 0) is 14.1 Å². The fraction of sp³-hybridized carbons (Fsp3) is 0.182. The van der Waals surface area contributed by atoms with Gasteiger partial charge < -0.3 is 0 Å². The lowest BCUT2D eigenvalue weighted by Crippen LogP contribution is -2.03. The Balaban J connectivity index is 2.14. The van der Waals surface area contributed by atoms with E-state index in [2.05, 4.69) is 10.2 Å². The van der Waals surface area contributed by atoms with Crippen LogP contribution in [0.25, 0.3) is 6.08 Å². The number of aryl methyl sites for hydroxylation is 2. The summed E-state index contributed by atoms with van der Waals surface area (Å²) in [4.78, 5) is 11.7. The van der Waals surface area contributed by atoms with Gasteiger partial charge in [-0.15, -0.1) is 0 Å². The van der Waals surface area contributed by atoms with E-state index in [1.165, 1.54) is 6.08 Å². The topological polar surface area (TPSA) is 52.7 Å². The lowest BCUT2D eigenvalue weighted by molar-refractivity contribution is 0.103. The molecule has 0 amide bonds. The van der Waals surface area contributed by atoms with Gasteiger partial charge in [-0.3, -0.25) is 14.2 Å². The van der Waals surface area contributed by atoms with Crippen molar-refractivity contribution in [3.63, 3.8) is 0 Å². The lowest BCUT2D eigenvalue weighted by Gasteiger charge is -1.94. The Bertz CT molecular complexity index is 536. The van der Waals surface area contributed by atoms with Gasteiger partial charge in [-0.25, -0.2) is 0 Å². The number of hydrogen-bond acceptors (Lipinski definition) is 3. The first-order valence-corrected chi connectivity index (χ1v) is 4.87. The first-order chi connectivity index (χ1) is 7.66. The fourth-order valence-electron chi connectivity index (χ4n) is 1.38. The summed E-state index contributed by atoms with van der Waals surface area (Å²) in [6.07, 6.45) is 6.62. The van der Waals surface area contributed by atoms with Crippen molar-refractivity contribution in [3.05, 3.63) is 42.0 Å². The predicted molar refractivity (Wildman–Crippen MR) is 59.8 cm³/mol. The third-order valence-corrected chi connectivity index (χ3v) is 2.21. The minimum Gasteiger partial charge on any atom is -0.288 e. The number of carbonyl (C=O) groups is 1. The van der Waals surface area contributed by atoms with Crippen molar-refractivity contribution < 1.29 is 4.79 Å². The monoisotopic (exact) mass is 216 g/mol. The van der Waals surface area contributed by atoms with Crippen molar-refractivity contribution in [3.8, 4) is 0 Å². The second-order valence-corrected chi connectivity index (χ2v) is 3.45. The molecule has 0 fully saturated rings. The van der Waals surface area contributed by atoms with Crippen LogP contribution in [-0.4, -0.2) is 25.3 Å². The van der Waals surface area contributed by atoms with Crippen LogP contribution in [0.2, 0.25) is 0 Å². The molecule has 0 aliphatic rings. The van der Waals surface area contributed by atoms with Crippen molar-refractivity contribution in [2.24, 2.45) is 14.1 Å². The van der Waals surface area contributed by atoms with Crippen molar-refractivity contribution in [1.82, 2.24) is 19.6 Å². The largest absolute Gasteiger partial charge is 0.288 e. The minimum absolute atomic E-state index is 0.0781. The Morgan fingerprint density at radius 3 is 2.75 bits per heavy atom. The molecule has 0 unspecified atom stereocenters. The molecule has 0 aromatic carbocycles. The normalized spacial score (nSPS) is 11.1. The molecule has 82 valence electrons. The summed E-state index contributed by atoms with van der Waals surface area (Å²) < 4.78 is 3.24. The van der Waals surface area contributed by atoms with Crippen molar-refractivity contribution in [2.45, 2.75) is 0 Å². The van der Waals surface area contributed by atoms with E-state index < -0.39 is 0 Å². The molecule has 5 nitrogen and oxygen atoms in total. The van der Waals surface area contributed by atoms with Gasteiger partial charge in [0, 0.05) is 26.5 Å². The number of carbonyl (C=O) groups excluding carboxylic acids is 1. The Labute approximate surface area is 93.0 Å². The third-order valence-electron chi connectivity index (χ3n) is 2.21. The molecule has 0 aliphatic heterocycles. The number of ketones is 1. The summed E-state index contributed by atoms with van der Waals surface area (Å²) in [5.41, 5.74) is 1.32. The highest BCUT2D eigenvalue weighted by Crippen LogP contribution is 2.02. The van der Waals surface area contributed by atoms with Gasteiger partial charge in [-0.2, -0.15) is 10.2 Å². The molecule has 16 heavy (non-hydrogen) atoms. The third kappa shape index (κ3) is 2.08. The van der Waals surface area contributed by atoms with E-state index in [-0.39, 0.29) is 5.78 Å². The van der Waals surface area contributed by atoms with Gasteiger partial charge in [0.15, 0.2) is 0 Å². The summed E-state index contributed by atoms with van der Waals surface area (Å²) in [5, 5.41) is 8.08. The molecule has 2 rings (SSSR count). The Morgan fingerprint density at radius 1 is 1.38 bits per heavy atom. The number of allylic oxidation sites excluding steroid dienone is 1. The standard InChI is InChI=1S/C11H12N4O/c1-14-8-6-9(13-14)3-4-11(16)10-5-7-12-15(10)2/h3-8H,1-2H3/b4-3+.